The van der Waals surface area contributed by atoms with Crippen LogP contribution in [0.1, 0.15) is 39.5 Å². The molecule has 0 radical (unpaired) electrons. The SMILES string of the molecule is COc1ccc(CNC(=O)c2nc(C(=O)NC3CC3)n3ccccc23)cc1. The van der Waals surface area contributed by atoms with Gasteiger partial charge in [-0.2, -0.15) is 0 Å². The van der Waals surface area contributed by atoms with E-state index in [1.165, 1.54) is 0 Å². The Hall–Kier alpha value is -3.35. The van der Waals surface area contributed by atoms with Crippen molar-refractivity contribution in [1.82, 2.24) is 20.0 Å². The lowest BCUT2D eigenvalue weighted by atomic mass is 10.2. The standard InChI is InChI=1S/C20H20N4O3/c1-27-15-9-5-13(6-10-15)12-21-19(25)17-16-4-2-3-11-24(16)18(23-17)20(26)22-14-7-8-14/h2-6,9-11,14H,7-8,12H2,1H3,(H,21,25)(H,22,26). The van der Waals surface area contributed by atoms with Gasteiger partial charge in [-0.25, -0.2) is 4.98 Å². The van der Waals surface area contributed by atoms with Crippen molar-refractivity contribution in [2.45, 2.75) is 25.4 Å². The van der Waals surface area contributed by atoms with Crippen molar-refractivity contribution in [3.8, 4) is 5.75 Å². The number of hydrogen-bond donors (Lipinski definition) is 2. The Labute approximate surface area is 156 Å². The zero-order valence-corrected chi connectivity index (χ0v) is 14.9. The molecular weight excluding hydrogens is 344 g/mol. The van der Waals surface area contributed by atoms with Gasteiger partial charge in [0, 0.05) is 18.8 Å². The first-order valence-electron chi connectivity index (χ1n) is 8.85. The summed E-state index contributed by atoms with van der Waals surface area (Å²) in [7, 11) is 1.61. The highest BCUT2D eigenvalue weighted by Crippen LogP contribution is 2.20. The highest BCUT2D eigenvalue weighted by molar-refractivity contribution is 6.02. The third-order valence-electron chi connectivity index (χ3n) is 4.49. The van der Waals surface area contributed by atoms with E-state index in [1.54, 1.807) is 23.8 Å². The number of methoxy groups -OCH3 is 1. The fourth-order valence-electron chi connectivity index (χ4n) is 2.85. The van der Waals surface area contributed by atoms with Crippen LogP contribution < -0.4 is 15.4 Å². The Morgan fingerprint density at radius 2 is 1.93 bits per heavy atom. The molecule has 1 saturated carbocycles. The number of imidazole rings is 1. The lowest BCUT2D eigenvalue weighted by Crippen LogP contribution is -2.27. The normalized spacial score (nSPS) is 13.4. The first-order valence-corrected chi connectivity index (χ1v) is 8.85. The molecular formula is C20H20N4O3. The van der Waals surface area contributed by atoms with Gasteiger partial charge in [-0.15, -0.1) is 0 Å². The van der Waals surface area contributed by atoms with Crippen LogP contribution in [0.3, 0.4) is 0 Å². The smallest absolute Gasteiger partial charge is 0.287 e. The number of amides is 2. The number of benzene rings is 1. The van der Waals surface area contributed by atoms with E-state index in [0.29, 0.717) is 12.1 Å². The number of fused-ring (bicyclic) bond motifs is 1. The summed E-state index contributed by atoms with van der Waals surface area (Å²) >= 11 is 0. The molecule has 2 heterocycles. The van der Waals surface area contributed by atoms with Crippen molar-refractivity contribution < 1.29 is 14.3 Å². The zero-order chi connectivity index (χ0) is 18.8. The molecule has 4 rings (SSSR count). The maximum absolute atomic E-state index is 12.7. The Bertz CT molecular complexity index is 990. The summed E-state index contributed by atoms with van der Waals surface area (Å²) in [5.74, 6) is 0.413. The summed E-state index contributed by atoms with van der Waals surface area (Å²) in [4.78, 5) is 29.5. The molecule has 1 aliphatic carbocycles. The van der Waals surface area contributed by atoms with Crippen molar-refractivity contribution in [1.29, 1.82) is 0 Å². The van der Waals surface area contributed by atoms with Crippen molar-refractivity contribution >= 4 is 17.3 Å². The number of carbonyl (C=O) groups is 2. The van der Waals surface area contributed by atoms with Gasteiger partial charge < -0.3 is 15.4 Å². The molecule has 27 heavy (non-hydrogen) atoms. The molecule has 2 N–H and O–H groups in total. The van der Waals surface area contributed by atoms with Crippen LogP contribution in [-0.4, -0.2) is 34.4 Å². The summed E-state index contributed by atoms with van der Waals surface area (Å²) in [5, 5.41) is 5.78. The molecule has 0 unspecified atom stereocenters. The predicted octanol–water partition coefficient (Wildman–Crippen LogP) is 2.17. The third-order valence-corrected chi connectivity index (χ3v) is 4.49. The highest BCUT2D eigenvalue weighted by Gasteiger charge is 2.27. The lowest BCUT2D eigenvalue weighted by Gasteiger charge is -2.05. The van der Waals surface area contributed by atoms with Crippen LogP contribution >= 0.6 is 0 Å². The average Bonchev–Trinajstić information content (AvgIpc) is 3.43. The second-order valence-electron chi connectivity index (χ2n) is 6.52. The van der Waals surface area contributed by atoms with Gasteiger partial charge in [-0.05, 0) is 42.7 Å². The molecule has 138 valence electrons. The van der Waals surface area contributed by atoms with Crippen LogP contribution in [0.15, 0.2) is 48.7 Å². The fraction of sp³-hybridized carbons (Fsp3) is 0.250. The average molecular weight is 364 g/mol. The van der Waals surface area contributed by atoms with Gasteiger partial charge in [-0.3, -0.25) is 14.0 Å². The second kappa shape index (κ2) is 7.11. The predicted molar refractivity (Wildman–Crippen MR) is 99.8 cm³/mol. The molecule has 7 nitrogen and oxygen atoms in total. The van der Waals surface area contributed by atoms with Gasteiger partial charge in [0.25, 0.3) is 11.8 Å². The van der Waals surface area contributed by atoms with Crippen molar-refractivity contribution in [3.63, 3.8) is 0 Å². The minimum atomic E-state index is -0.319. The monoisotopic (exact) mass is 364 g/mol. The van der Waals surface area contributed by atoms with Crippen molar-refractivity contribution in [2.75, 3.05) is 7.11 Å². The number of rotatable bonds is 6. The molecule has 0 atom stereocenters. The summed E-state index contributed by atoms with van der Waals surface area (Å²) < 4.78 is 6.78. The Kier molecular flexibility index (Phi) is 4.50. The first-order chi connectivity index (χ1) is 13.2. The number of carbonyl (C=O) groups excluding carboxylic acids is 2. The Morgan fingerprint density at radius 1 is 1.15 bits per heavy atom. The van der Waals surface area contributed by atoms with Crippen LogP contribution in [-0.2, 0) is 6.54 Å². The van der Waals surface area contributed by atoms with Gasteiger partial charge in [0.15, 0.2) is 5.69 Å². The van der Waals surface area contributed by atoms with E-state index in [2.05, 4.69) is 15.6 Å². The van der Waals surface area contributed by atoms with E-state index in [9.17, 15) is 9.59 Å². The molecule has 2 amide bonds. The largest absolute Gasteiger partial charge is 0.497 e. The molecule has 0 bridgehead atoms. The maximum atomic E-state index is 12.7. The lowest BCUT2D eigenvalue weighted by molar-refractivity contribution is 0.0940. The molecule has 0 aliphatic heterocycles. The minimum absolute atomic E-state index is 0.223. The Morgan fingerprint density at radius 3 is 2.63 bits per heavy atom. The summed E-state index contributed by atoms with van der Waals surface area (Å²) in [6.07, 6.45) is 3.72. The van der Waals surface area contributed by atoms with E-state index in [4.69, 9.17) is 4.74 Å². The summed E-state index contributed by atoms with van der Waals surface area (Å²) in [6, 6.07) is 13.1. The number of pyridine rings is 1. The van der Waals surface area contributed by atoms with Crippen molar-refractivity contribution in [3.05, 3.63) is 65.7 Å². The van der Waals surface area contributed by atoms with Crippen LogP contribution in [0.2, 0.25) is 0 Å². The van der Waals surface area contributed by atoms with Crippen LogP contribution in [0.5, 0.6) is 5.75 Å². The molecule has 0 spiro atoms. The summed E-state index contributed by atoms with van der Waals surface area (Å²) in [5.41, 5.74) is 1.79. The van der Waals surface area contributed by atoms with Gasteiger partial charge in [-0.1, -0.05) is 18.2 Å². The van der Waals surface area contributed by atoms with Crippen LogP contribution in [0.25, 0.3) is 5.52 Å². The van der Waals surface area contributed by atoms with Gasteiger partial charge in [0.05, 0.1) is 12.6 Å². The third kappa shape index (κ3) is 3.62. The van der Waals surface area contributed by atoms with Gasteiger partial charge in [0.2, 0.25) is 5.82 Å². The molecule has 7 heteroatoms. The number of hydrogen-bond acceptors (Lipinski definition) is 4. The second-order valence-corrected chi connectivity index (χ2v) is 6.52. The highest BCUT2D eigenvalue weighted by atomic mass is 16.5. The Balaban J connectivity index is 1.54. The first kappa shape index (κ1) is 17.1. The molecule has 1 aromatic carbocycles. The summed E-state index contributed by atoms with van der Waals surface area (Å²) in [6.45, 7) is 0.359. The van der Waals surface area contributed by atoms with E-state index < -0.39 is 0 Å². The maximum Gasteiger partial charge on any atom is 0.287 e. The fourth-order valence-corrected chi connectivity index (χ4v) is 2.85. The molecule has 1 aliphatic rings. The molecule has 3 aromatic rings. The van der Waals surface area contributed by atoms with Crippen molar-refractivity contribution in [2.24, 2.45) is 0 Å². The van der Waals surface area contributed by atoms with Gasteiger partial charge in [0.1, 0.15) is 5.75 Å². The van der Waals surface area contributed by atoms with Gasteiger partial charge >= 0.3 is 0 Å². The van der Waals surface area contributed by atoms with E-state index in [-0.39, 0.29) is 29.4 Å². The van der Waals surface area contributed by atoms with Crippen LogP contribution in [0.4, 0.5) is 0 Å². The quantitative estimate of drug-likeness (QED) is 0.702. The number of ether oxygens (including phenoxy) is 1. The number of aromatic nitrogens is 2. The molecule has 2 aromatic heterocycles. The molecule has 1 fully saturated rings. The van der Waals surface area contributed by atoms with E-state index in [0.717, 1.165) is 24.2 Å². The van der Waals surface area contributed by atoms with E-state index in [1.807, 2.05) is 36.4 Å². The topological polar surface area (TPSA) is 84.7 Å². The minimum Gasteiger partial charge on any atom is -0.497 e. The number of nitrogens with one attached hydrogen (secondary N) is 2. The number of nitrogens with zero attached hydrogens (tertiary/aromatic N) is 2. The van der Waals surface area contributed by atoms with Crippen LogP contribution in [0, 0.1) is 0 Å². The van der Waals surface area contributed by atoms with E-state index >= 15 is 0 Å². The zero-order valence-electron chi connectivity index (χ0n) is 14.9. The molecule has 0 saturated heterocycles.